The van der Waals surface area contributed by atoms with Crippen molar-refractivity contribution in [1.29, 1.82) is 5.26 Å². The molecular weight excluding hydrogens is 294 g/mol. The molecule has 1 N–H and O–H groups in total. The number of carbonyl (C=O) groups excluding carboxylic acids is 2. The van der Waals surface area contributed by atoms with Gasteiger partial charge in [0.05, 0.1) is 19.3 Å². The van der Waals surface area contributed by atoms with E-state index >= 15 is 0 Å². The zero-order chi connectivity index (χ0) is 16.7. The predicted molar refractivity (Wildman–Crippen MR) is 86.7 cm³/mol. The van der Waals surface area contributed by atoms with Crippen LogP contribution in [0.5, 0.6) is 0 Å². The Bertz CT molecular complexity index is 625. The van der Waals surface area contributed by atoms with Gasteiger partial charge in [0.1, 0.15) is 0 Å². The summed E-state index contributed by atoms with van der Waals surface area (Å²) in [6.07, 6.45) is 2.88. The molecule has 0 saturated carbocycles. The molecule has 1 aliphatic heterocycles. The molecule has 0 aliphatic carbocycles. The number of carbonyl (C=O) groups is 2. The number of ether oxygens (including phenoxy) is 1. The molecule has 1 atom stereocenters. The van der Waals surface area contributed by atoms with Gasteiger partial charge in [0, 0.05) is 25.8 Å². The predicted octanol–water partition coefficient (Wildman–Crippen LogP) is 0.991. The average Bonchev–Trinajstić information content (AvgIpc) is 2.61. The van der Waals surface area contributed by atoms with Gasteiger partial charge in [0.2, 0.25) is 5.91 Å². The summed E-state index contributed by atoms with van der Waals surface area (Å²) in [6.45, 7) is 3.18. The van der Waals surface area contributed by atoms with E-state index in [-0.39, 0.29) is 0 Å². The van der Waals surface area contributed by atoms with Crippen LogP contribution in [0.25, 0.3) is 6.08 Å². The second-order valence-electron chi connectivity index (χ2n) is 5.10. The van der Waals surface area contributed by atoms with Crippen molar-refractivity contribution < 1.29 is 14.3 Å². The van der Waals surface area contributed by atoms with E-state index in [0.29, 0.717) is 0 Å². The van der Waals surface area contributed by atoms with Gasteiger partial charge in [-0.1, -0.05) is 18.2 Å². The van der Waals surface area contributed by atoms with Crippen LogP contribution in [0.3, 0.4) is 0 Å². The third kappa shape index (κ3) is 4.41. The van der Waals surface area contributed by atoms with Crippen LogP contribution >= 0.6 is 0 Å². The van der Waals surface area contributed by atoms with Crippen LogP contribution in [0.4, 0.5) is 5.69 Å². The van der Waals surface area contributed by atoms with Crippen molar-refractivity contribution in [3.8, 4) is 6.07 Å². The zero-order valence-electron chi connectivity index (χ0n) is 13.0. The highest BCUT2D eigenvalue weighted by atomic mass is 16.5. The molecule has 2 rings (SSSR count). The average molecular weight is 313 g/mol. The highest BCUT2D eigenvalue weighted by Crippen LogP contribution is 2.17. The van der Waals surface area contributed by atoms with Gasteiger partial charge in [-0.25, -0.2) is 0 Å². The molecule has 1 aromatic carbocycles. The van der Waals surface area contributed by atoms with Gasteiger partial charge in [-0.05, 0) is 23.8 Å². The molecule has 0 aromatic heterocycles. The molecule has 1 heterocycles. The molecule has 1 unspecified atom stereocenters. The first-order valence-corrected chi connectivity index (χ1v) is 7.41. The summed E-state index contributed by atoms with van der Waals surface area (Å²) >= 11 is 0. The largest absolute Gasteiger partial charge is 0.378 e. The molecule has 120 valence electrons. The summed E-state index contributed by atoms with van der Waals surface area (Å²) in [5.41, 5.74) is 1.95. The Morgan fingerprint density at radius 2 is 1.96 bits per heavy atom. The lowest BCUT2D eigenvalue weighted by Crippen LogP contribution is -2.36. The number of nitrogens with zero attached hydrogens (tertiary/aromatic N) is 2. The molecule has 1 aromatic rings. The Kier molecular flexibility index (Phi) is 5.89. The highest BCUT2D eigenvalue weighted by molar-refractivity contribution is 6.10. The second kappa shape index (κ2) is 8.11. The molecule has 0 radical (unpaired) electrons. The second-order valence-corrected chi connectivity index (χ2v) is 5.10. The number of nitriles is 1. The van der Waals surface area contributed by atoms with Gasteiger partial charge in [0.15, 0.2) is 11.7 Å². The molecule has 0 spiro atoms. The van der Waals surface area contributed by atoms with Gasteiger partial charge in [-0.2, -0.15) is 5.26 Å². The van der Waals surface area contributed by atoms with E-state index in [2.05, 4.69) is 10.2 Å². The van der Waals surface area contributed by atoms with Crippen molar-refractivity contribution in [2.45, 2.75) is 0 Å². The third-order valence-electron chi connectivity index (χ3n) is 3.63. The molecule has 6 nitrogen and oxygen atoms in total. The van der Waals surface area contributed by atoms with Gasteiger partial charge < -0.3 is 15.0 Å². The lowest BCUT2D eigenvalue weighted by atomic mass is 10.0. The number of ketones is 1. The minimum Gasteiger partial charge on any atom is -0.378 e. The molecule has 6 heteroatoms. The Balaban J connectivity index is 2.01. The quantitative estimate of drug-likeness (QED) is 0.647. The number of hydrogen-bond donors (Lipinski definition) is 1. The number of allylic oxidation sites excluding steroid dienone is 1. The summed E-state index contributed by atoms with van der Waals surface area (Å²) in [4.78, 5) is 25.5. The number of hydrogen-bond acceptors (Lipinski definition) is 5. The first kappa shape index (κ1) is 16.7. The summed E-state index contributed by atoms with van der Waals surface area (Å²) in [6, 6.07) is 9.47. The number of amides is 1. The molecule has 0 bridgehead atoms. The summed E-state index contributed by atoms with van der Waals surface area (Å²) < 4.78 is 5.32. The van der Waals surface area contributed by atoms with Gasteiger partial charge in [-0.3, -0.25) is 9.59 Å². The van der Waals surface area contributed by atoms with Crippen LogP contribution in [0.15, 0.2) is 30.3 Å². The molecule has 1 saturated heterocycles. The van der Waals surface area contributed by atoms with E-state index in [9.17, 15) is 9.59 Å². The number of morpholine rings is 1. The summed E-state index contributed by atoms with van der Waals surface area (Å²) in [7, 11) is 1.40. The maximum atomic E-state index is 11.9. The Morgan fingerprint density at radius 3 is 2.52 bits per heavy atom. The number of rotatable bonds is 5. The number of benzene rings is 1. The fraction of sp³-hybridized carbons (Fsp3) is 0.353. The van der Waals surface area contributed by atoms with Crippen LogP contribution in [0.2, 0.25) is 0 Å². The first-order chi connectivity index (χ1) is 11.2. The van der Waals surface area contributed by atoms with Crippen molar-refractivity contribution in [2.75, 3.05) is 38.3 Å². The fourth-order valence-electron chi connectivity index (χ4n) is 2.29. The van der Waals surface area contributed by atoms with Crippen molar-refractivity contribution in [3.05, 3.63) is 35.9 Å². The Labute approximate surface area is 135 Å². The summed E-state index contributed by atoms with van der Waals surface area (Å²) in [5, 5.41) is 11.2. The monoisotopic (exact) mass is 313 g/mol. The summed E-state index contributed by atoms with van der Waals surface area (Å²) in [5.74, 6) is -2.42. The number of nitrogens with one attached hydrogen (secondary N) is 1. The first-order valence-electron chi connectivity index (χ1n) is 7.41. The van der Waals surface area contributed by atoms with Crippen molar-refractivity contribution in [3.63, 3.8) is 0 Å². The lowest BCUT2D eigenvalue weighted by Gasteiger charge is -2.28. The topological polar surface area (TPSA) is 82.4 Å². The van der Waals surface area contributed by atoms with E-state index in [0.717, 1.165) is 37.6 Å². The van der Waals surface area contributed by atoms with Crippen LogP contribution in [-0.4, -0.2) is 45.0 Å². The minimum atomic E-state index is -1.30. The van der Waals surface area contributed by atoms with Crippen molar-refractivity contribution in [2.24, 2.45) is 5.92 Å². The maximum Gasteiger partial charge on any atom is 0.245 e. The minimum absolute atomic E-state index is 0.524. The molecule has 1 amide bonds. The third-order valence-corrected chi connectivity index (χ3v) is 3.63. The Morgan fingerprint density at radius 1 is 1.30 bits per heavy atom. The van der Waals surface area contributed by atoms with Gasteiger partial charge >= 0.3 is 0 Å². The van der Waals surface area contributed by atoms with Gasteiger partial charge in [0.25, 0.3) is 0 Å². The Hall–Kier alpha value is -2.65. The van der Waals surface area contributed by atoms with E-state index in [4.69, 9.17) is 10.00 Å². The standard InChI is InChI=1S/C17H19N3O3/c1-19-17(22)15(12-18)16(21)7-4-13-2-5-14(6-3-13)20-8-10-23-11-9-20/h2-7,15H,8-11H2,1H3,(H,19,22). The fourth-order valence-corrected chi connectivity index (χ4v) is 2.29. The van der Waals surface area contributed by atoms with E-state index in [1.54, 1.807) is 12.1 Å². The smallest absolute Gasteiger partial charge is 0.245 e. The molecule has 1 aliphatic rings. The number of anilines is 1. The molecule has 23 heavy (non-hydrogen) atoms. The van der Waals surface area contributed by atoms with Crippen LogP contribution in [-0.2, 0) is 14.3 Å². The molecule has 1 fully saturated rings. The maximum absolute atomic E-state index is 11.9. The molecular formula is C17H19N3O3. The van der Waals surface area contributed by atoms with E-state index in [1.165, 1.54) is 13.1 Å². The van der Waals surface area contributed by atoms with Crippen LogP contribution in [0.1, 0.15) is 5.56 Å². The van der Waals surface area contributed by atoms with Crippen LogP contribution in [0, 0.1) is 17.2 Å². The normalized spacial score (nSPS) is 15.9. The van der Waals surface area contributed by atoms with E-state index in [1.807, 2.05) is 24.3 Å². The van der Waals surface area contributed by atoms with E-state index < -0.39 is 17.6 Å². The SMILES string of the molecule is CNC(=O)C(C#N)C(=O)C=Cc1ccc(N2CCOCC2)cc1. The highest BCUT2D eigenvalue weighted by Gasteiger charge is 2.22. The van der Waals surface area contributed by atoms with Crippen LogP contribution < -0.4 is 10.2 Å². The zero-order valence-corrected chi connectivity index (χ0v) is 13.0. The van der Waals surface area contributed by atoms with Crippen molar-refractivity contribution >= 4 is 23.5 Å². The van der Waals surface area contributed by atoms with Crippen molar-refractivity contribution in [1.82, 2.24) is 5.32 Å². The lowest BCUT2D eigenvalue weighted by molar-refractivity contribution is -0.129. The van der Waals surface area contributed by atoms with Gasteiger partial charge in [-0.15, -0.1) is 0 Å².